The van der Waals surface area contributed by atoms with Crippen LogP contribution in [0.4, 0.5) is 4.39 Å². The molecule has 0 aliphatic rings. The summed E-state index contributed by atoms with van der Waals surface area (Å²) < 4.78 is 13.3. The van der Waals surface area contributed by atoms with Crippen LogP contribution in [0, 0.1) is 5.82 Å². The molecule has 1 N–H and O–H groups in total. The van der Waals surface area contributed by atoms with Crippen molar-refractivity contribution in [2.24, 2.45) is 0 Å². The minimum Gasteiger partial charge on any atom is -0.360 e. The van der Waals surface area contributed by atoms with Crippen LogP contribution in [0.5, 0.6) is 0 Å². The van der Waals surface area contributed by atoms with Crippen molar-refractivity contribution in [1.82, 2.24) is 4.98 Å². The first kappa shape index (κ1) is 12.1. The number of nitrogens with one attached hydrogen (secondary N) is 1. The molecule has 0 spiro atoms. The number of H-pyrrole nitrogens is 1. The molecule has 0 fully saturated rings. The first-order valence-electron chi connectivity index (χ1n) is 6.09. The largest absolute Gasteiger partial charge is 0.360 e. The van der Waals surface area contributed by atoms with Crippen molar-refractivity contribution in [2.75, 3.05) is 0 Å². The Bertz CT molecular complexity index is 756. The second-order valence-electron chi connectivity index (χ2n) is 4.34. The van der Waals surface area contributed by atoms with E-state index in [4.69, 9.17) is 0 Å². The summed E-state index contributed by atoms with van der Waals surface area (Å²) in [6, 6.07) is 8.23. The van der Waals surface area contributed by atoms with E-state index in [2.05, 4.69) is 11.9 Å². The van der Waals surface area contributed by atoms with Crippen molar-refractivity contribution in [3.05, 3.63) is 57.7 Å². The van der Waals surface area contributed by atoms with E-state index in [-0.39, 0.29) is 11.6 Å². The highest BCUT2D eigenvalue weighted by Crippen LogP contribution is 2.25. The Kier molecular flexibility index (Phi) is 2.95. The number of hydrogen-bond acceptors (Lipinski definition) is 2. The fraction of sp³-hybridized carbons (Fsp3) is 0.133. The van der Waals surface area contributed by atoms with Gasteiger partial charge in [-0.1, -0.05) is 6.92 Å². The first-order valence-corrected chi connectivity index (χ1v) is 6.90. The second kappa shape index (κ2) is 4.63. The summed E-state index contributed by atoms with van der Waals surface area (Å²) in [6.07, 6.45) is 2.57. The van der Waals surface area contributed by atoms with E-state index < -0.39 is 0 Å². The lowest BCUT2D eigenvalue weighted by Gasteiger charge is -1.96. The van der Waals surface area contributed by atoms with Gasteiger partial charge < -0.3 is 4.98 Å². The average Bonchev–Trinajstić information content (AvgIpc) is 3.04. The Morgan fingerprint density at radius 1 is 1.32 bits per heavy atom. The van der Waals surface area contributed by atoms with Crippen LogP contribution in [0.1, 0.15) is 27.0 Å². The Labute approximate surface area is 113 Å². The highest BCUT2D eigenvalue weighted by molar-refractivity contribution is 7.14. The smallest absolute Gasteiger partial charge is 0.205 e. The predicted molar refractivity (Wildman–Crippen MR) is 75.4 cm³/mol. The van der Waals surface area contributed by atoms with E-state index in [0.717, 1.165) is 11.9 Å². The summed E-state index contributed by atoms with van der Waals surface area (Å²) in [5.41, 5.74) is 1.30. The molecule has 0 aliphatic heterocycles. The molecular weight excluding hydrogens is 261 g/mol. The number of fused-ring (bicyclic) bond motifs is 1. The number of hydrogen-bond donors (Lipinski definition) is 1. The number of carbonyl (C=O) groups is 1. The molecule has 0 aliphatic carbocycles. The average molecular weight is 273 g/mol. The molecule has 0 unspecified atom stereocenters. The minimum absolute atomic E-state index is 0.0541. The van der Waals surface area contributed by atoms with Crippen LogP contribution >= 0.6 is 11.3 Å². The van der Waals surface area contributed by atoms with Crippen molar-refractivity contribution in [2.45, 2.75) is 13.3 Å². The van der Waals surface area contributed by atoms with Crippen LogP contribution in [0.25, 0.3) is 10.9 Å². The summed E-state index contributed by atoms with van der Waals surface area (Å²) in [7, 11) is 0. The quantitative estimate of drug-likeness (QED) is 0.714. The predicted octanol–water partition coefficient (Wildman–Crippen LogP) is 4.16. The van der Waals surface area contributed by atoms with Crippen molar-refractivity contribution in [3.8, 4) is 0 Å². The van der Waals surface area contributed by atoms with Crippen LogP contribution in [0.15, 0.2) is 36.5 Å². The fourth-order valence-corrected chi connectivity index (χ4v) is 3.01. The third-order valence-corrected chi connectivity index (χ3v) is 4.35. The van der Waals surface area contributed by atoms with Gasteiger partial charge in [-0.3, -0.25) is 4.79 Å². The van der Waals surface area contributed by atoms with Crippen molar-refractivity contribution >= 4 is 28.0 Å². The van der Waals surface area contributed by atoms with Gasteiger partial charge in [0.25, 0.3) is 0 Å². The summed E-state index contributed by atoms with van der Waals surface area (Å²) in [6.45, 7) is 2.06. The lowest BCUT2D eigenvalue weighted by molar-refractivity contribution is 0.104. The number of ketones is 1. The third kappa shape index (κ3) is 2.08. The highest BCUT2D eigenvalue weighted by Gasteiger charge is 2.16. The topological polar surface area (TPSA) is 32.9 Å². The lowest BCUT2D eigenvalue weighted by Crippen LogP contribution is -1.97. The number of aromatic nitrogens is 1. The normalized spacial score (nSPS) is 11.1. The Morgan fingerprint density at radius 3 is 2.89 bits per heavy atom. The first-order chi connectivity index (χ1) is 9.19. The monoisotopic (exact) mass is 273 g/mol. The number of benzene rings is 1. The van der Waals surface area contributed by atoms with Crippen LogP contribution in [0.2, 0.25) is 0 Å². The number of aryl methyl sites for hydroxylation is 1. The molecule has 0 atom stereocenters. The maximum Gasteiger partial charge on any atom is 0.205 e. The number of thiophene rings is 1. The van der Waals surface area contributed by atoms with Gasteiger partial charge in [-0.25, -0.2) is 4.39 Å². The summed E-state index contributed by atoms with van der Waals surface area (Å²) in [5.74, 6) is -0.386. The molecule has 3 aromatic rings. The van der Waals surface area contributed by atoms with Crippen LogP contribution in [0.3, 0.4) is 0 Å². The van der Waals surface area contributed by atoms with E-state index >= 15 is 0 Å². The SMILES string of the molecule is CCc1ccc(C(=O)c2c[nH]c3ccc(F)cc23)s1. The van der Waals surface area contributed by atoms with Gasteiger partial charge in [0, 0.05) is 27.5 Å². The molecule has 0 radical (unpaired) electrons. The second-order valence-corrected chi connectivity index (χ2v) is 5.51. The molecule has 0 amide bonds. The minimum atomic E-state index is -0.332. The maximum atomic E-state index is 13.3. The van der Waals surface area contributed by atoms with Gasteiger partial charge in [-0.05, 0) is 36.8 Å². The molecule has 1 aromatic carbocycles. The van der Waals surface area contributed by atoms with Crippen LogP contribution in [-0.4, -0.2) is 10.8 Å². The third-order valence-electron chi connectivity index (χ3n) is 3.12. The lowest BCUT2D eigenvalue weighted by atomic mass is 10.1. The van der Waals surface area contributed by atoms with Gasteiger partial charge >= 0.3 is 0 Å². The van der Waals surface area contributed by atoms with E-state index in [1.807, 2.05) is 12.1 Å². The van der Waals surface area contributed by atoms with Gasteiger partial charge in [0.2, 0.25) is 5.78 Å². The number of aromatic amines is 1. The number of rotatable bonds is 3. The summed E-state index contributed by atoms with van der Waals surface area (Å²) >= 11 is 1.49. The molecule has 0 saturated carbocycles. The summed E-state index contributed by atoms with van der Waals surface area (Å²) in [4.78, 5) is 17.3. The van der Waals surface area contributed by atoms with Gasteiger partial charge in [0.1, 0.15) is 5.82 Å². The maximum absolute atomic E-state index is 13.3. The molecule has 0 saturated heterocycles. The Morgan fingerprint density at radius 2 is 2.16 bits per heavy atom. The van der Waals surface area contributed by atoms with Gasteiger partial charge in [0.15, 0.2) is 0 Å². The molecule has 0 bridgehead atoms. The molecule has 3 rings (SSSR count). The Balaban J connectivity index is 2.08. The molecule has 4 heteroatoms. The van der Waals surface area contributed by atoms with E-state index in [9.17, 15) is 9.18 Å². The zero-order chi connectivity index (χ0) is 13.4. The molecule has 2 aromatic heterocycles. The van der Waals surface area contributed by atoms with Gasteiger partial charge in [-0.2, -0.15) is 0 Å². The zero-order valence-electron chi connectivity index (χ0n) is 10.4. The zero-order valence-corrected chi connectivity index (χ0v) is 11.2. The highest BCUT2D eigenvalue weighted by atomic mass is 32.1. The van der Waals surface area contributed by atoms with Crippen LogP contribution < -0.4 is 0 Å². The van der Waals surface area contributed by atoms with E-state index in [1.54, 1.807) is 12.3 Å². The van der Waals surface area contributed by atoms with E-state index in [1.165, 1.54) is 28.3 Å². The van der Waals surface area contributed by atoms with Crippen molar-refractivity contribution < 1.29 is 9.18 Å². The van der Waals surface area contributed by atoms with E-state index in [0.29, 0.717) is 15.8 Å². The van der Waals surface area contributed by atoms with Crippen LogP contribution in [-0.2, 0) is 6.42 Å². The Hall–Kier alpha value is -1.94. The molecule has 2 heterocycles. The molecular formula is C15H12FNOS. The van der Waals surface area contributed by atoms with Crippen molar-refractivity contribution in [1.29, 1.82) is 0 Å². The fourth-order valence-electron chi connectivity index (χ4n) is 2.10. The number of carbonyl (C=O) groups excluding carboxylic acids is 1. The number of halogens is 1. The standard InChI is InChI=1S/C15H12FNOS/c1-2-10-4-6-14(19-10)15(18)12-8-17-13-5-3-9(16)7-11(12)13/h3-8,17H,2H2,1H3. The van der Waals surface area contributed by atoms with Gasteiger partial charge in [-0.15, -0.1) is 11.3 Å². The molecule has 2 nitrogen and oxygen atoms in total. The van der Waals surface area contributed by atoms with Crippen molar-refractivity contribution in [3.63, 3.8) is 0 Å². The molecule has 96 valence electrons. The molecule has 19 heavy (non-hydrogen) atoms. The van der Waals surface area contributed by atoms with Gasteiger partial charge in [0.05, 0.1) is 4.88 Å². The summed E-state index contributed by atoms with van der Waals surface area (Å²) in [5, 5.41) is 0.636.